The molecule has 2 N–H and O–H groups in total. The lowest BCUT2D eigenvalue weighted by Gasteiger charge is -2.12. The van der Waals surface area contributed by atoms with E-state index in [9.17, 15) is 0 Å². The van der Waals surface area contributed by atoms with Crippen molar-refractivity contribution in [2.75, 3.05) is 17.2 Å². The average Bonchev–Trinajstić information content (AvgIpc) is 2.66. The lowest BCUT2D eigenvalue weighted by molar-refractivity contribution is 1.04. The van der Waals surface area contributed by atoms with E-state index in [-0.39, 0.29) is 0 Å². The highest BCUT2D eigenvalue weighted by atomic mass is 15.1. The van der Waals surface area contributed by atoms with Crippen LogP contribution in [0.15, 0.2) is 73.3 Å². The van der Waals surface area contributed by atoms with E-state index in [0.29, 0.717) is 19.0 Å². The summed E-state index contributed by atoms with van der Waals surface area (Å²) < 4.78 is 0. The molecule has 126 valence electrons. The number of benzene rings is 2. The molecule has 1 heterocycles. The number of anilines is 2. The van der Waals surface area contributed by atoms with E-state index < -0.39 is 0 Å². The first-order valence-corrected chi connectivity index (χ1v) is 8.34. The zero-order chi connectivity index (χ0) is 17.5. The highest BCUT2D eigenvalue weighted by molar-refractivity contribution is 5.64. The molecular formula is C21H22N4. The van der Waals surface area contributed by atoms with Gasteiger partial charge in [0.15, 0.2) is 0 Å². The summed E-state index contributed by atoms with van der Waals surface area (Å²) in [5.41, 5.74) is 4.43. The number of hydrogen-bond donors (Lipinski definition) is 2. The summed E-state index contributed by atoms with van der Waals surface area (Å²) >= 11 is 0. The Labute approximate surface area is 148 Å². The Kier molecular flexibility index (Phi) is 5.42. The van der Waals surface area contributed by atoms with Gasteiger partial charge in [0.25, 0.3) is 0 Å². The maximum absolute atomic E-state index is 4.67. The molecule has 0 unspecified atom stereocenters. The van der Waals surface area contributed by atoms with E-state index in [0.717, 1.165) is 17.1 Å². The summed E-state index contributed by atoms with van der Waals surface area (Å²) in [7, 11) is 0. The third-order valence-corrected chi connectivity index (χ3v) is 3.92. The number of nitrogens with one attached hydrogen (secondary N) is 2. The van der Waals surface area contributed by atoms with E-state index >= 15 is 0 Å². The molecule has 0 aliphatic heterocycles. The van der Waals surface area contributed by atoms with Crippen molar-refractivity contribution in [2.45, 2.75) is 13.5 Å². The van der Waals surface area contributed by atoms with Crippen molar-refractivity contribution in [1.29, 1.82) is 0 Å². The predicted octanol–water partition coefficient (Wildman–Crippen LogP) is 4.66. The van der Waals surface area contributed by atoms with Crippen LogP contribution in [0.4, 0.5) is 11.8 Å². The van der Waals surface area contributed by atoms with Crippen LogP contribution in [0.1, 0.15) is 11.1 Å². The topological polar surface area (TPSA) is 49.8 Å². The second-order valence-electron chi connectivity index (χ2n) is 5.78. The SMILES string of the molecule is C=CCNc1cc(-c2ccccc2)nc(NCc2ccccc2C)n1. The first-order chi connectivity index (χ1) is 12.3. The molecule has 0 radical (unpaired) electrons. The minimum absolute atomic E-state index is 0.608. The Balaban J connectivity index is 1.86. The third kappa shape index (κ3) is 4.44. The molecule has 0 spiro atoms. The van der Waals surface area contributed by atoms with Crippen molar-refractivity contribution < 1.29 is 0 Å². The molecule has 0 saturated carbocycles. The third-order valence-electron chi connectivity index (χ3n) is 3.92. The predicted molar refractivity (Wildman–Crippen MR) is 105 cm³/mol. The normalized spacial score (nSPS) is 10.3. The summed E-state index contributed by atoms with van der Waals surface area (Å²) in [5.74, 6) is 1.39. The van der Waals surface area contributed by atoms with Crippen molar-refractivity contribution in [3.05, 3.63) is 84.4 Å². The highest BCUT2D eigenvalue weighted by Crippen LogP contribution is 2.21. The minimum Gasteiger partial charge on any atom is -0.366 e. The molecule has 0 bridgehead atoms. The summed E-state index contributed by atoms with van der Waals surface area (Å²) in [4.78, 5) is 9.23. The van der Waals surface area contributed by atoms with E-state index in [1.165, 1.54) is 11.1 Å². The molecular weight excluding hydrogens is 308 g/mol. The van der Waals surface area contributed by atoms with Gasteiger partial charge in [-0.25, -0.2) is 4.98 Å². The number of aromatic nitrogens is 2. The number of hydrogen-bond acceptors (Lipinski definition) is 4. The number of rotatable bonds is 7. The first kappa shape index (κ1) is 16.7. The zero-order valence-corrected chi connectivity index (χ0v) is 14.4. The lowest BCUT2D eigenvalue weighted by atomic mass is 10.1. The van der Waals surface area contributed by atoms with Crippen molar-refractivity contribution in [3.63, 3.8) is 0 Å². The molecule has 4 heteroatoms. The van der Waals surface area contributed by atoms with Gasteiger partial charge < -0.3 is 10.6 Å². The quantitative estimate of drug-likeness (QED) is 0.619. The Morgan fingerprint density at radius 3 is 2.48 bits per heavy atom. The molecule has 0 saturated heterocycles. The Hall–Kier alpha value is -3.14. The smallest absolute Gasteiger partial charge is 0.225 e. The largest absolute Gasteiger partial charge is 0.366 e. The Morgan fingerprint density at radius 2 is 1.72 bits per heavy atom. The Morgan fingerprint density at radius 1 is 0.960 bits per heavy atom. The van der Waals surface area contributed by atoms with E-state index in [1.807, 2.05) is 54.6 Å². The summed E-state index contributed by atoms with van der Waals surface area (Å²) in [6, 6.07) is 20.4. The van der Waals surface area contributed by atoms with Crippen LogP contribution < -0.4 is 10.6 Å². The summed E-state index contributed by atoms with van der Waals surface area (Å²) in [6.07, 6.45) is 1.81. The van der Waals surface area contributed by atoms with Crippen molar-refractivity contribution in [1.82, 2.24) is 9.97 Å². The van der Waals surface area contributed by atoms with Gasteiger partial charge >= 0.3 is 0 Å². The first-order valence-electron chi connectivity index (χ1n) is 8.34. The molecule has 3 rings (SSSR count). The average molecular weight is 330 g/mol. The fourth-order valence-electron chi connectivity index (χ4n) is 2.53. The van der Waals surface area contributed by atoms with E-state index in [4.69, 9.17) is 0 Å². The van der Waals surface area contributed by atoms with Gasteiger partial charge in [-0.2, -0.15) is 4.98 Å². The molecule has 2 aromatic carbocycles. The molecule has 0 fully saturated rings. The highest BCUT2D eigenvalue weighted by Gasteiger charge is 2.07. The molecule has 4 nitrogen and oxygen atoms in total. The van der Waals surface area contributed by atoms with Gasteiger partial charge in [0.05, 0.1) is 5.69 Å². The van der Waals surface area contributed by atoms with Crippen molar-refractivity contribution in [3.8, 4) is 11.3 Å². The van der Waals surface area contributed by atoms with Crippen LogP contribution in [0, 0.1) is 6.92 Å². The second kappa shape index (κ2) is 8.11. The van der Waals surface area contributed by atoms with Crippen LogP contribution in [-0.2, 0) is 6.54 Å². The van der Waals surface area contributed by atoms with Gasteiger partial charge in [-0.3, -0.25) is 0 Å². The standard InChI is InChI=1S/C21H22N4/c1-3-13-22-20-14-19(17-10-5-4-6-11-17)24-21(25-20)23-15-18-12-8-7-9-16(18)2/h3-12,14H,1,13,15H2,2H3,(H2,22,23,24,25). The number of nitrogens with zero attached hydrogens (tertiary/aromatic N) is 2. The van der Waals surface area contributed by atoms with Crippen LogP contribution in [0.25, 0.3) is 11.3 Å². The Bertz CT molecular complexity index is 844. The van der Waals surface area contributed by atoms with E-state index in [2.05, 4.69) is 46.2 Å². The van der Waals surface area contributed by atoms with Gasteiger partial charge in [-0.05, 0) is 18.1 Å². The van der Waals surface area contributed by atoms with Gasteiger partial charge in [0.1, 0.15) is 5.82 Å². The van der Waals surface area contributed by atoms with Crippen LogP contribution in [-0.4, -0.2) is 16.5 Å². The van der Waals surface area contributed by atoms with Crippen LogP contribution in [0.2, 0.25) is 0 Å². The maximum Gasteiger partial charge on any atom is 0.225 e. The van der Waals surface area contributed by atoms with Crippen molar-refractivity contribution >= 4 is 11.8 Å². The second-order valence-corrected chi connectivity index (χ2v) is 5.78. The van der Waals surface area contributed by atoms with Gasteiger partial charge in [0, 0.05) is 24.7 Å². The zero-order valence-electron chi connectivity index (χ0n) is 14.4. The fourth-order valence-corrected chi connectivity index (χ4v) is 2.53. The summed E-state index contributed by atoms with van der Waals surface area (Å²) in [5, 5.41) is 6.59. The van der Waals surface area contributed by atoms with E-state index in [1.54, 1.807) is 0 Å². The molecule has 25 heavy (non-hydrogen) atoms. The summed E-state index contributed by atoms with van der Waals surface area (Å²) in [6.45, 7) is 7.19. The minimum atomic E-state index is 0.608. The molecule has 3 aromatic rings. The van der Waals surface area contributed by atoms with Gasteiger partial charge in [-0.1, -0.05) is 60.7 Å². The molecule has 0 amide bonds. The van der Waals surface area contributed by atoms with Crippen LogP contribution in [0.5, 0.6) is 0 Å². The molecule has 0 aliphatic rings. The fraction of sp³-hybridized carbons (Fsp3) is 0.143. The van der Waals surface area contributed by atoms with Crippen molar-refractivity contribution in [2.24, 2.45) is 0 Å². The van der Waals surface area contributed by atoms with Gasteiger partial charge in [0.2, 0.25) is 5.95 Å². The van der Waals surface area contributed by atoms with Gasteiger partial charge in [-0.15, -0.1) is 6.58 Å². The molecule has 0 aliphatic carbocycles. The molecule has 1 aromatic heterocycles. The van der Waals surface area contributed by atoms with Crippen LogP contribution >= 0.6 is 0 Å². The molecule has 0 atom stereocenters. The maximum atomic E-state index is 4.67. The monoisotopic (exact) mass is 330 g/mol. The lowest BCUT2D eigenvalue weighted by Crippen LogP contribution is -2.08. The van der Waals surface area contributed by atoms with Crippen LogP contribution in [0.3, 0.4) is 0 Å². The number of aryl methyl sites for hydroxylation is 1.